The molecule has 0 aromatic heterocycles. The third-order valence-corrected chi connectivity index (χ3v) is 3.22. The molecule has 0 unspecified atom stereocenters. The summed E-state index contributed by atoms with van der Waals surface area (Å²) in [5.41, 5.74) is 1.06. The van der Waals surface area contributed by atoms with E-state index in [0.29, 0.717) is 0 Å². The summed E-state index contributed by atoms with van der Waals surface area (Å²) in [5.74, 6) is -0.158. The van der Waals surface area contributed by atoms with Crippen molar-refractivity contribution < 1.29 is 8.42 Å². The number of para-hydroxylation sites is 2. The highest BCUT2D eigenvalue weighted by molar-refractivity contribution is 7.89. The van der Waals surface area contributed by atoms with E-state index in [1.807, 2.05) is 24.3 Å². The average Bonchev–Trinajstić information content (AvgIpc) is 2.35. The van der Waals surface area contributed by atoms with Gasteiger partial charge in [0.15, 0.2) is 0 Å². The first-order valence-corrected chi connectivity index (χ1v) is 6.25. The SMILES string of the molecule is CC1(CS(N)(=O)=O)Nc2ccccc2N1. The van der Waals surface area contributed by atoms with E-state index >= 15 is 0 Å². The number of hydrogen-bond acceptors (Lipinski definition) is 4. The van der Waals surface area contributed by atoms with Gasteiger partial charge in [0.2, 0.25) is 10.0 Å². The second kappa shape index (κ2) is 3.11. The number of hydrogen-bond donors (Lipinski definition) is 3. The Balaban J connectivity index is 2.25. The molecule has 0 spiro atoms. The van der Waals surface area contributed by atoms with Crippen LogP contribution >= 0.6 is 0 Å². The molecule has 1 aliphatic heterocycles. The third kappa shape index (κ3) is 2.21. The molecule has 0 fully saturated rings. The van der Waals surface area contributed by atoms with Gasteiger partial charge in [-0.1, -0.05) is 12.1 Å². The molecule has 5 nitrogen and oxygen atoms in total. The summed E-state index contributed by atoms with van der Waals surface area (Å²) in [6.45, 7) is 1.76. The Morgan fingerprint density at radius 2 is 1.73 bits per heavy atom. The standard InChI is InChI=1S/C9H13N3O2S/c1-9(6-15(10,13)14)11-7-4-2-3-5-8(7)12-9/h2-5,11-12H,6H2,1H3,(H2,10,13,14). The molecule has 0 radical (unpaired) electrons. The van der Waals surface area contributed by atoms with E-state index in [4.69, 9.17) is 5.14 Å². The summed E-state index contributed by atoms with van der Waals surface area (Å²) in [7, 11) is -3.51. The zero-order chi connectivity index (χ0) is 11.1. The van der Waals surface area contributed by atoms with E-state index in [0.717, 1.165) is 11.4 Å². The van der Waals surface area contributed by atoms with Gasteiger partial charge in [0.25, 0.3) is 0 Å². The number of nitrogens with one attached hydrogen (secondary N) is 2. The second-order valence-corrected chi connectivity index (χ2v) is 5.55. The Kier molecular flexibility index (Phi) is 2.13. The molecule has 15 heavy (non-hydrogen) atoms. The minimum Gasteiger partial charge on any atom is -0.361 e. The van der Waals surface area contributed by atoms with Crippen LogP contribution in [-0.2, 0) is 10.0 Å². The number of nitrogens with two attached hydrogens (primary N) is 1. The summed E-state index contributed by atoms with van der Waals surface area (Å²) in [4.78, 5) is 0. The first kappa shape index (κ1) is 10.3. The molecule has 0 atom stereocenters. The summed E-state index contributed by atoms with van der Waals surface area (Å²) >= 11 is 0. The predicted octanol–water partition coefficient (Wildman–Crippen LogP) is 0.529. The maximum atomic E-state index is 11.0. The van der Waals surface area contributed by atoms with Crippen LogP contribution in [0.2, 0.25) is 0 Å². The highest BCUT2D eigenvalue weighted by Crippen LogP contribution is 2.33. The molecule has 1 heterocycles. The fourth-order valence-corrected chi connectivity index (χ4v) is 2.75. The Hall–Kier alpha value is -1.27. The van der Waals surface area contributed by atoms with Crippen LogP contribution in [-0.4, -0.2) is 19.8 Å². The molecular weight excluding hydrogens is 214 g/mol. The smallest absolute Gasteiger partial charge is 0.213 e. The lowest BCUT2D eigenvalue weighted by molar-refractivity contribution is 0.577. The van der Waals surface area contributed by atoms with Crippen molar-refractivity contribution in [2.75, 3.05) is 16.4 Å². The summed E-state index contributed by atoms with van der Waals surface area (Å²) < 4.78 is 22.1. The van der Waals surface area contributed by atoms with Gasteiger partial charge < -0.3 is 10.6 Å². The van der Waals surface area contributed by atoms with Crippen LogP contribution in [0, 0.1) is 0 Å². The number of sulfonamides is 1. The number of primary sulfonamides is 1. The molecule has 82 valence electrons. The molecule has 4 N–H and O–H groups in total. The van der Waals surface area contributed by atoms with E-state index in [1.54, 1.807) is 6.92 Å². The molecule has 0 saturated heterocycles. The fraction of sp³-hybridized carbons (Fsp3) is 0.333. The van der Waals surface area contributed by atoms with Crippen molar-refractivity contribution >= 4 is 21.4 Å². The zero-order valence-corrected chi connectivity index (χ0v) is 9.14. The second-order valence-electron chi connectivity index (χ2n) is 3.93. The topological polar surface area (TPSA) is 84.2 Å². The molecule has 6 heteroatoms. The van der Waals surface area contributed by atoms with E-state index in [1.165, 1.54) is 0 Å². The zero-order valence-electron chi connectivity index (χ0n) is 8.32. The summed E-state index contributed by atoms with van der Waals surface area (Å²) in [5, 5.41) is 11.2. The lowest BCUT2D eigenvalue weighted by atomic mass is 10.3. The average molecular weight is 227 g/mol. The molecular formula is C9H13N3O2S. The van der Waals surface area contributed by atoms with Crippen molar-refractivity contribution in [1.29, 1.82) is 0 Å². The van der Waals surface area contributed by atoms with E-state index in [-0.39, 0.29) is 5.75 Å². The van der Waals surface area contributed by atoms with Gasteiger partial charge in [0.05, 0.1) is 11.4 Å². The van der Waals surface area contributed by atoms with Crippen LogP contribution in [0.4, 0.5) is 11.4 Å². The van der Waals surface area contributed by atoms with Crippen LogP contribution in [0.5, 0.6) is 0 Å². The van der Waals surface area contributed by atoms with Gasteiger partial charge >= 0.3 is 0 Å². The highest BCUT2D eigenvalue weighted by Gasteiger charge is 2.34. The van der Waals surface area contributed by atoms with E-state index < -0.39 is 15.7 Å². The van der Waals surface area contributed by atoms with E-state index in [2.05, 4.69) is 10.6 Å². The van der Waals surface area contributed by atoms with Crippen molar-refractivity contribution in [3.63, 3.8) is 0 Å². The van der Waals surface area contributed by atoms with Crippen molar-refractivity contribution in [1.82, 2.24) is 0 Å². The highest BCUT2D eigenvalue weighted by atomic mass is 32.2. The lowest BCUT2D eigenvalue weighted by Gasteiger charge is -2.24. The Morgan fingerprint density at radius 3 is 2.13 bits per heavy atom. The van der Waals surface area contributed by atoms with Gasteiger partial charge in [-0.15, -0.1) is 0 Å². The van der Waals surface area contributed by atoms with E-state index in [9.17, 15) is 8.42 Å². The summed E-state index contributed by atoms with van der Waals surface area (Å²) in [6.07, 6.45) is 0. The molecule has 1 aromatic rings. The van der Waals surface area contributed by atoms with Crippen LogP contribution in [0.15, 0.2) is 24.3 Å². The first-order chi connectivity index (χ1) is 6.88. The predicted molar refractivity (Wildman–Crippen MR) is 60.1 cm³/mol. The Labute approximate surface area is 88.7 Å². The van der Waals surface area contributed by atoms with Crippen molar-refractivity contribution in [2.45, 2.75) is 12.6 Å². The fourth-order valence-electron chi connectivity index (χ4n) is 1.80. The maximum absolute atomic E-state index is 11.0. The van der Waals surface area contributed by atoms with Crippen molar-refractivity contribution in [3.05, 3.63) is 24.3 Å². The van der Waals surface area contributed by atoms with Gasteiger partial charge in [-0.05, 0) is 19.1 Å². The Morgan fingerprint density at radius 1 is 1.27 bits per heavy atom. The quantitative estimate of drug-likeness (QED) is 0.688. The largest absolute Gasteiger partial charge is 0.361 e. The monoisotopic (exact) mass is 227 g/mol. The van der Waals surface area contributed by atoms with Crippen LogP contribution in [0.25, 0.3) is 0 Å². The van der Waals surface area contributed by atoms with Gasteiger partial charge in [0.1, 0.15) is 11.4 Å². The van der Waals surface area contributed by atoms with Crippen molar-refractivity contribution in [3.8, 4) is 0 Å². The normalized spacial score (nSPS) is 17.7. The molecule has 0 saturated carbocycles. The molecule has 1 aromatic carbocycles. The van der Waals surface area contributed by atoms with Gasteiger partial charge in [0, 0.05) is 0 Å². The van der Waals surface area contributed by atoms with Crippen molar-refractivity contribution in [2.24, 2.45) is 5.14 Å². The third-order valence-electron chi connectivity index (χ3n) is 2.24. The molecule has 2 rings (SSSR count). The van der Waals surface area contributed by atoms with Gasteiger partial charge in [-0.3, -0.25) is 0 Å². The van der Waals surface area contributed by atoms with Gasteiger partial charge in [-0.2, -0.15) is 0 Å². The number of anilines is 2. The number of fused-ring (bicyclic) bond motifs is 1. The number of benzene rings is 1. The molecule has 0 amide bonds. The lowest BCUT2D eigenvalue weighted by Crippen LogP contribution is -2.46. The Bertz CT molecular complexity index is 459. The first-order valence-electron chi connectivity index (χ1n) is 4.54. The van der Waals surface area contributed by atoms with Crippen LogP contribution < -0.4 is 15.8 Å². The molecule has 1 aliphatic rings. The molecule has 0 bridgehead atoms. The molecule has 0 aliphatic carbocycles. The maximum Gasteiger partial charge on any atom is 0.213 e. The minimum absolute atomic E-state index is 0.158. The van der Waals surface area contributed by atoms with Crippen LogP contribution in [0.1, 0.15) is 6.92 Å². The van der Waals surface area contributed by atoms with Crippen LogP contribution in [0.3, 0.4) is 0 Å². The minimum atomic E-state index is -3.51. The van der Waals surface area contributed by atoms with Gasteiger partial charge in [-0.25, -0.2) is 13.6 Å². The number of rotatable bonds is 2. The summed E-state index contributed by atoms with van der Waals surface area (Å²) in [6, 6.07) is 7.54.